The van der Waals surface area contributed by atoms with E-state index >= 15 is 0 Å². The summed E-state index contributed by atoms with van der Waals surface area (Å²) < 4.78 is 78.3. The van der Waals surface area contributed by atoms with Crippen LogP contribution in [-0.2, 0) is 18.9 Å². The first kappa shape index (κ1) is 24.5. The highest BCUT2D eigenvalue weighted by atomic mass is 35.5. The van der Waals surface area contributed by atoms with E-state index < -0.39 is 23.5 Å². The van der Waals surface area contributed by atoms with Gasteiger partial charge >= 0.3 is 12.4 Å². The molecule has 0 radical (unpaired) electrons. The summed E-state index contributed by atoms with van der Waals surface area (Å²) >= 11 is 0. The van der Waals surface area contributed by atoms with Crippen molar-refractivity contribution < 1.29 is 26.3 Å². The first-order chi connectivity index (χ1) is 13.5. The summed E-state index contributed by atoms with van der Waals surface area (Å²) in [5.74, 6) is 0.473. The van der Waals surface area contributed by atoms with Crippen LogP contribution in [0.3, 0.4) is 0 Å². The molecule has 1 saturated heterocycles. The minimum atomic E-state index is -4.83. The Hall–Kier alpha value is -1.77. The second-order valence-corrected chi connectivity index (χ2v) is 7.55. The van der Waals surface area contributed by atoms with Crippen molar-refractivity contribution in [2.75, 3.05) is 26.7 Å². The molecule has 2 atom stereocenters. The third-order valence-electron chi connectivity index (χ3n) is 5.21. The molecule has 0 spiro atoms. The van der Waals surface area contributed by atoms with Crippen LogP contribution in [0, 0.1) is 5.92 Å². The van der Waals surface area contributed by atoms with Crippen LogP contribution in [0.1, 0.15) is 28.2 Å². The molecule has 2 aromatic carbocycles. The zero-order valence-corrected chi connectivity index (χ0v) is 17.0. The van der Waals surface area contributed by atoms with Crippen molar-refractivity contribution >= 4 is 12.4 Å². The highest BCUT2D eigenvalue weighted by Gasteiger charge is 2.37. The van der Waals surface area contributed by atoms with Gasteiger partial charge in [-0.3, -0.25) is 0 Å². The predicted octanol–water partition coefficient (Wildman–Crippen LogP) is 5.58. The average Bonchev–Trinajstić information content (AvgIpc) is 3.08. The number of alkyl halides is 6. The van der Waals surface area contributed by atoms with Gasteiger partial charge in [-0.2, -0.15) is 26.3 Å². The molecule has 0 aliphatic carbocycles. The molecule has 2 nitrogen and oxygen atoms in total. The fourth-order valence-electron chi connectivity index (χ4n) is 3.90. The van der Waals surface area contributed by atoms with E-state index in [-0.39, 0.29) is 42.4 Å². The number of halogens is 7. The zero-order chi connectivity index (χ0) is 21.2. The molecule has 0 aromatic heterocycles. The topological polar surface area (TPSA) is 15.3 Å². The fourth-order valence-corrected chi connectivity index (χ4v) is 3.90. The quantitative estimate of drug-likeness (QED) is 0.596. The third kappa shape index (κ3) is 6.12. The molecule has 166 valence electrons. The number of nitrogens with zero attached hydrogens (tertiary/aromatic N) is 1. The highest BCUT2D eigenvalue weighted by Crippen LogP contribution is 2.36. The number of hydrogen-bond acceptors (Lipinski definition) is 2. The maximum absolute atomic E-state index is 13.1. The molecular weight excluding hydrogens is 430 g/mol. The molecule has 1 unspecified atom stereocenters. The summed E-state index contributed by atoms with van der Waals surface area (Å²) in [5, 5.41) is 3.32. The molecule has 3 rings (SSSR count). The van der Waals surface area contributed by atoms with Crippen LogP contribution in [0.2, 0.25) is 0 Å². The van der Waals surface area contributed by atoms with Crippen LogP contribution in [0.5, 0.6) is 0 Å². The Morgan fingerprint density at radius 1 is 0.900 bits per heavy atom. The monoisotopic (exact) mass is 452 g/mol. The average molecular weight is 453 g/mol. The normalized spacial score (nSPS) is 19.7. The minimum Gasteiger partial charge on any atom is -0.316 e. The molecule has 1 heterocycles. The van der Waals surface area contributed by atoms with Gasteiger partial charge < -0.3 is 10.2 Å². The molecule has 30 heavy (non-hydrogen) atoms. The summed E-state index contributed by atoms with van der Waals surface area (Å²) in [7, 11) is 1.72. The fraction of sp³-hybridized carbons (Fsp3) is 0.429. The van der Waals surface area contributed by atoms with Crippen LogP contribution >= 0.6 is 12.4 Å². The van der Waals surface area contributed by atoms with Gasteiger partial charge in [0.2, 0.25) is 0 Å². The summed E-state index contributed by atoms with van der Waals surface area (Å²) in [6.07, 6.45) is -9.66. The molecule has 2 aromatic rings. The van der Waals surface area contributed by atoms with E-state index in [2.05, 4.69) is 5.32 Å². The lowest BCUT2D eigenvalue weighted by Crippen LogP contribution is -2.29. The van der Waals surface area contributed by atoms with Crippen LogP contribution in [0.4, 0.5) is 26.3 Å². The van der Waals surface area contributed by atoms with E-state index in [0.717, 1.165) is 25.2 Å². The van der Waals surface area contributed by atoms with Gasteiger partial charge in [-0.05, 0) is 48.8 Å². The molecule has 1 aliphatic heterocycles. The van der Waals surface area contributed by atoms with Gasteiger partial charge in [0, 0.05) is 25.6 Å². The van der Waals surface area contributed by atoms with Crippen LogP contribution in [0.25, 0.3) is 0 Å². The summed E-state index contributed by atoms with van der Waals surface area (Å²) in [6, 6.07) is 11.7. The number of benzene rings is 2. The van der Waals surface area contributed by atoms with E-state index in [0.29, 0.717) is 6.54 Å². The lowest BCUT2D eigenvalue weighted by atomic mass is 9.88. The molecule has 9 heteroatoms. The van der Waals surface area contributed by atoms with Crippen molar-refractivity contribution in [2.45, 2.75) is 24.8 Å². The van der Waals surface area contributed by atoms with Crippen LogP contribution in [0.15, 0.2) is 48.5 Å². The summed E-state index contributed by atoms with van der Waals surface area (Å²) in [5.41, 5.74) is -1.38. The minimum absolute atomic E-state index is 0. The first-order valence-electron chi connectivity index (χ1n) is 9.26. The van der Waals surface area contributed by atoms with Crippen molar-refractivity contribution in [1.82, 2.24) is 10.2 Å². The van der Waals surface area contributed by atoms with Gasteiger partial charge in [0.05, 0.1) is 11.1 Å². The molecular formula is C21H23ClF6N2. The highest BCUT2D eigenvalue weighted by molar-refractivity contribution is 5.85. The van der Waals surface area contributed by atoms with Gasteiger partial charge in [-0.15, -0.1) is 12.4 Å². The van der Waals surface area contributed by atoms with Crippen molar-refractivity contribution in [2.24, 2.45) is 5.92 Å². The number of nitrogens with one attached hydrogen (secondary N) is 1. The van der Waals surface area contributed by atoms with E-state index in [1.807, 2.05) is 30.3 Å². The Labute approximate surface area is 177 Å². The van der Waals surface area contributed by atoms with Gasteiger partial charge in [0.15, 0.2) is 0 Å². The van der Waals surface area contributed by atoms with Gasteiger partial charge in [0.25, 0.3) is 0 Å². The zero-order valence-electron chi connectivity index (χ0n) is 16.2. The molecule has 1 N–H and O–H groups in total. The largest absolute Gasteiger partial charge is 0.416 e. The Kier molecular flexibility index (Phi) is 7.82. The van der Waals surface area contributed by atoms with Crippen molar-refractivity contribution in [3.63, 3.8) is 0 Å². The van der Waals surface area contributed by atoms with Crippen LogP contribution < -0.4 is 5.32 Å². The first-order valence-corrected chi connectivity index (χ1v) is 9.26. The Morgan fingerprint density at radius 2 is 1.47 bits per heavy atom. The number of rotatable bonds is 5. The van der Waals surface area contributed by atoms with Gasteiger partial charge in [0.1, 0.15) is 0 Å². The number of hydrogen-bond donors (Lipinski definition) is 1. The molecule has 1 aliphatic rings. The van der Waals surface area contributed by atoms with E-state index in [4.69, 9.17) is 0 Å². The Morgan fingerprint density at radius 3 is 2.00 bits per heavy atom. The second kappa shape index (κ2) is 9.58. The van der Waals surface area contributed by atoms with E-state index in [1.165, 1.54) is 5.56 Å². The van der Waals surface area contributed by atoms with Crippen molar-refractivity contribution in [1.29, 1.82) is 0 Å². The SMILES string of the molecule is CN(Cc1cc(C(F)(F)F)cc(C(F)(F)F)c1)CC1CNC[C@H]1c1ccccc1.Cl. The third-order valence-corrected chi connectivity index (χ3v) is 5.21. The van der Waals surface area contributed by atoms with Crippen molar-refractivity contribution in [3.05, 3.63) is 70.8 Å². The molecule has 0 amide bonds. The molecule has 0 saturated carbocycles. The smallest absolute Gasteiger partial charge is 0.316 e. The van der Waals surface area contributed by atoms with Gasteiger partial charge in [-0.25, -0.2) is 0 Å². The van der Waals surface area contributed by atoms with Crippen molar-refractivity contribution in [3.8, 4) is 0 Å². The Balaban J connectivity index is 0.00000320. The standard InChI is InChI=1S/C21H22F6N2.ClH/c1-29(13-16-10-28-11-19(16)15-5-3-2-4-6-15)12-14-7-17(20(22,23)24)9-18(8-14)21(25,26)27;/h2-9,16,19,28H,10-13H2,1H3;1H/t16?,19-;/m0./s1. The van der Waals surface area contributed by atoms with E-state index in [1.54, 1.807) is 11.9 Å². The Bertz CT molecular complexity index is 790. The maximum Gasteiger partial charge on any atom is 0.416 e. The maximum atomic E-state index is 13.1. The summed E-state index contributed by atoms with van der Waals surface area (Å²) in [4.78, 5) is 1.78. The second-order valence-electron chi connectivity index (χ2n) is 7.55. The van der Waals surface area contributed by atoms with Crippen LogP contribution in [-0.4, -0.2) is 31.6 Å². The predicted molar refractivity (Wildman–Crippen MR) is 106 cm³/mol. The summed E-state index contributed by atoms with van der Waals surface area (Å²) in [6.45, 7) is 2.11. The van der Waals surface area contributed by atoms with Gasteiger partial charge in [-0.1, -0.05) is 30.3 Å². The molecule has 1 fully saturated rings. The van der Waals surface area contributed by atoms with E-state index in [9.17, 15) is 26.3 Å². The lowest BCUT2D eigenvalue weighted by Gasteiger charge is -2.26. The lowest BCUT2D eigenvalue weighted by molar-refractivity contribution is -0.143. The molecule has 0 bridgehead atoms.